The summed E-state index contributed by atoms with van der Waals surface area (Å²) in [6.07, 6.45) is 4.36. The molecule has 0 spiro atoms. The molecule has 0 aromatic rings. The SMILES string of the molecule is CCCN1C(=O)C2C3CCC(C3)C2C1=O. The molecule has 0 aromatic heterocycles. The monoisotopic (exact) mass is 207 g/mol. The number of hydrogen-bond donors (Lipinski definition) is 0. The van der Waals surface area contributed by atoms with Gasteiger partial charge in [-0.15, -0.1) is 0 Å². The average Bonchev–Trinajstić information content (AvgIpc) is 2.87. The lowest BCUT2D eigenvalue weighted by Crippen LogP contribution is -2.33. The van der Waals surface area contributed by atoms with E-state index in [-0.39, 0.29) is 23.7 Å². The Kier molecular flexibility index (Phi) is 1.91. The minimum absolute atomic E-state index is 0.0720. The normalized spacial score (nSPS) is 42.9. The van der Waals surface area contributed by atoms with Crippen LogP contribution in [-0.4, -0.2) is 23.3 Å². The molecule has 0 radical (unpaired) electrons. The first-order valence-corrected chi connectivity index (χ1v) is 6.09. The molecule has 2 amide bonds. The molecule has 4 unspecified atom stereocenters. The Labute approximate surface area is 89.8 Å². The highest BCUT2D eigenvalue weighted by Crippen LogP contribution is 2.56. The Balaban J connectivity index is 1.90. The molecule has 3 rings (SSSR count). The van der Waals surface area contributed by atoms with Crippen molar-refractivity contribution in [2.45, 2.75) is 32.6 Å². The van der Waals surface area contributed by atoms with E-state index in [9.17, 15) is 9.59 Å². The first-order chi connectivity index (χ1) is 7.24. The smallest absolute Gasteiger partial charge is 0.233 e. The number of amides is 2. The zero-order valence-corrected chi connectivity index (χ0v) is 9.11. The molecule has 1 saturated heterocycles. The van der Waals surface area contributed by atoms with Gasteiger partial charge in [0.05, 0.1) is 11.8 Å². The lowest BCUT2D eigenvalue weighted by Gasteiger charge is -2.19. The Bertz CT molecular complexity index is 298. The van der Waals surface area contributed by atoms with Crippen molar-refractivity contribution in [2.24, 2.45) is 23.7 Å². The molecule has 1 heterocycles. The summed E-state index contributed by atoms with van der Waals surface area (Å²) in [6.45, 7) is 2.65. The Morgan fingerprint density at radius 1 is 1.13 bits per heavy atom. The second-order valence-corrected chi connectivity index (χ2v) is 5.21. The zero-order valence-electron chi connectivity index (χ0n) is 9.11. The second-order valence-electron chi connectivity index (χ2n) is 5.21. The zero-order chi connectivity index (χ0) is 10.6. The second kappa shape index (κ2) is 3.06. The summed E-state index contributed by atoms with van der Waals surface area (Å²) < 4.78 is 0. The highest BCUT2D eigenvalue weighted by molar-refractivity contribution is 6.06. The van der Waals surface area contributed by atoms with E-state index in [0.29, 0.717) is 18.4 Å². The van der Waals surface area contributed by atoms with Crippen LogP contribution in [0, 0.1) is 23.7 Å². The summed E-state index contributed by atoms with van der Waals surface area (Å²) >= 11 is 0. The molecule has 1 aliphatic heterocycles. The number of fused-ring (bicyclic) bond motifs is 5. The van der Waals surface area contributed by atoms with Gasteiger partial charge in [0, 0.05) is 6.54 Å². The van der Waals surface area contributed by atoms with Gasteiger partial charge in [0.15, 0.2) is 0 Å². The number of rotatable bonds is 2. The standard InChI is InChI=1S/C12H17NO2/c1-2-5-13-11(14)9-7-3-4-8(6-7)10(9)12(13)15/h7-10H,2-6H2,1H3. The van der Waals surface area contributed by atoms with Gasteiger partial charge in [-0.1, -0.05) is 6.92 Å². The molecular weight excluding hydrogens is 190 g/mol. The molecule has 0 N–H and O–H groups in total. The minimum atomic E-state index is 0.0720. The van der Waals surface area contributed by atoms with Gasteiger partial charge in [-0.05, 0) is 37.5 Å². The highest BCUT2D eigenvalue weighted by Gasteiger charge is 2.60. The third-order valence-corrected chi connectivity index (χ3v) is 4.47. The van der Waals surface area contributed by atoms with Crippen molar-refractivity contribution in [3.05, 3.63) is 0 Å². The fraction of sp³-hybridized carbons (Fsp3) is 0.833. The maximum absolute atomic E-state index is 12.1. The molecule has 2 saturated carbocycles. The summed E-state index contributed by atoms with van der Waals surface area (Å²) in [5.74, 6) is 1.47. The summed E-state index contributed by atoms with van der Waals surface area (Å²) in [4.78, 5) is 25.7. The minimum Gasteiger partial charge on any atom is -0.282 e. The molecule has 0 aromatic carbocycles. The summed E-state index contributed by atoms with van der Waals surface area (Å²) in [5.41, 5.74) is 0. The highest BCUT2D eigenvalue weighted by atomic mass is 16.2. The van der Waals surface area contributed by atoms with E-state index < -0.39 is 0 Å². The third kappa shape index (κ3) is 1.06. The Morgan fingerprint density at radius 3 is 2.13 bits per heavy atom. The summed E-state index contributed by atoms with van der Waals surface area (Å²) in [6, 6.07) is 0. The maximum atomic E-state index is 12.1. The van der Waals surface area contributed by atoms with Crippen LogP contribution in [0.1, 0.15) is 32.6 Å². The van der Waals surface area contributed by atoms with E-state index in [0.717, 1.165) is 12.8 Å². The maximum Gasteiger partial charge on any atom is 0.233 e. The Morgan fingerprint density at radius 2 is 1.67 bits per heavy atom. The largest absolute Gasteiger partial charge is 0.282 e. The Hall–Kier alpha value is -0.860. The number of hydrogen-bond acceptors (Lipinski definition) is 2. The molecular formula is C12H17NO2. The van der Waals surface area contributed by atoms with Gasteiger partial charge >= 0.3 is 0 Å². The average molecular weight is 207 g/mol. The van der Waals surface area contributed by atoms with Crippen molar-refractivity contribution in [1.29, 1.82) is 0 Å². The van der Waals surface area contributed by atoms with Crippen LogP contribution in [-0.2, 0) is 9.59 Å². The van der Waals surface area contributed by atoms with Crippen molar-refractivity contribution in [1.82, 2.24) is 4.90 Å². The number of imide groups is 1. The molecule has 15 heavy (non-hydrogen) atoms. The lowest BCUT2D eigenvalue weighted by atomic mass is 9.81. The summed E-state index contributed by atoms with van der Waals surface area (Å²) in [7, 11) is 0. The van der Waals surface area contributed by atoms with Crippen LogP contribution in [0.2, 0.25) is 0 Å². The number of likely N-dealkylation sites (tertiary alicyclic amines) is 1. The van der Waals surface area contributed by atoms with Crippen LogP contribution < -0.4 is 0 Å². The van der Waals surface area contributed by atoms with Gasteiger partial charge in [0.1, 0.15) is 0 Å². The predicted molar refractivity (Wildman–Crippen MR) is 54.8 cm³/mol. The van der Waals surface area contributed by atoms with E-state index in [1.54, 1.807) is 0 Å². The van der Waals surface area contributed by atoms with Gasteiger partial charge in [0.2, 0.25) is 11.8 Å². The quantitative estimate of drug-likeness (QED) is 0.642. The first kappa shape index (κ1) is 9.37. The van der Waals surface area contributed by atoms with Gasteiger partial charge in [-0.2, -0.15) is 0 Å². The van der Waals surface area contributed by atoms with Crippen molar-refractivity contribution >= 4 is 11.8 Å². The first-order valence-electron chi connectivity index (χ1n) is 6.09. The van der Waals surface area contributed by atoms with Gasteiger partial charge < -0.3 is 0 Å². The fourth-order valence-corrected chi connectivity index (χ4v) is 3.91. The van der Waals surface area contributed by atoms with Crippen molar-refractivity contribution < 1.29 is 9.59 Å². The van der Waals surface area contributed by atoms with Gasteiger partial charge in [0.25, 0.3) is 0 Å². The van der Waals surface area contributed by atoms with Crippen LogP contribution in [0.5, 0.6) is 0 Å². The molecule has 3 fully saturated rings. The van der Waals surface area contributed by atoms with Crippen LogP contribution in [0.3, 0.4) is 0 Å². The van der Waals surface area contributed by atoms with E-state index in [2.05, 4.69) is 0 Å². The lowest BCUT2D eigenvalue weighted by molar-refractivity contribution is -0.140. The van der Waals surface area contributed by atoms with Crippen LogP contribution in [0.4, 0.5) is 0 Å². The predicted octanol–water partition coefficient (Wildman–Crippen LogP) is 1.43. The van der Waals surface area contributed by atoms with E-state index in [4.69, 9.17) is 0 Å². The van der Waals surface area contributed by atoms with E-state index in [1.807, 2.05) is 6.92 Å². The molecule has 4 atom stereocenters. The van der Waals surface area contributed by atoms with Crippen LogP contribution in [0.25, 0.3) is 0 Å². The molecule has 2 bridgehead atoms. The molecule has 3 nitrogen and oxygen atoms in total. The number of carbonyl (C=O) groups excluding carboxylic acids is 2. The molecule has 2 aliphatic carbocycles. The van der Waals surface area contributed by atoms with Crippen molar-refractivity contribution in [3.63, 3.8) is 0 Å². The number of carbonyl (C=O) groups is 2. The number of nitrogens with zero attached hydrogens (tertiary/aromatic N) is 1. The molecule has 82 valence electrons. The molecule has 3 aliphatic rings. The van der Waals surface area contributed by atoms with Crippen molar-refractivity contribution in [3.8, 4) is 0 Å². The molecule has 3 heteroatoms. The van der Waals surface area contributed by atoms with E-state index >= 15 is 0 Å². The van der Waals surface area contributed by atoms with Crippen molar-refractivity contribution in [2.75, 3.05) is 6.54 Å². The van der Waals surface area contributed by atoms with E-state index in [1.165, 1.54) is 17.7 Å². The van der Waals surface area contributed by atoms with Crippen LogP contribution in [0.15, 0.2) is 0 Å². The van der Waals surface area contributed by atoms with Gasteiger partial charge in [-0.3, -0.25) is 14.5 Å². The van der Waals surface area contributed by atoms with Crippen LogP contribution >= 0.6 is 0 Å². The summed E-state index contributed by atoms with van der Waals surface area (Å²) in [5, 5.41) is 0. The fourth-order valence-electron chi connectivity index (χ4n) is 3.91. The topological polar surface area (TPSA) is 37.4 Å². The third-order valence-electron chi connectivity index (χ3n) is 4.47. The van der Waals surface area contributed by atoms with Gasteiger partial charge in [-0.25, -0.2) is 0 Å².